The molecule has 0 aliphatic carbocycles. The summed E-state index contributed by atoms with van der Waals surface area (Å²) in [4.78, 5) is 34.2. The Bertz CT molecular complexity index is 1780. The SMILES string of the molecule is CNC(=O)C(C#N)=Cc1cccc(-n2c(=O)n(-c3ccc(Oc4ccccc4)cc3)c3c(N)ncnc32)c1. The molecule has 5 rings (SSSR count). The van der Waals surface area contributed by atoms with Crippen LogP contribution in [-0.4, -0.2) is 32.1 Å². The normalized spacial score (nSPS) is 11.2. The Morgan fingerprint density at radius 2 is 1.71 bits per heavy atom. The molecule has 2 heterocycles. The molecule has 0 fully saturated rings. The zero-order valence-electron chi connectivity index (χ0n) is 20.2. The zero-order chi connectivity index (χ0) is 26.6. The fourth-order valence-electron chi connectivity index (χ4n) is 4.01. The van der Waals surface area contributed by atoms with Crippen LogP contribution in [0.15, 0.2) is 95.6 Å². The van der Waals surface area contributed by atoms with Crippen molar-refractivity contribution in [3.8, 4) is 28.9 Å². The van der Waals surface area contributed by atoms with Gasteiger partial charge < -0.3 is 15.8 Å². The number of carbonyl (C=O) groups is 1. The molecule has 3 N–H and O–H groups in total. The van der Waals surface area contributed by atoms with Crippen molar-refractivity contribution in [2.45, 2.75) is 0 Å². The van der Waals surface area contributed by atoms with Gasteiger partial charge in [-0.15, -0.1) is 0 Å². The van der Waals surface area contributed by atoms with Gasteiger partial charge in [0.2, 0.25) is 0 Å². The third kappa shape index (κ3) is 4.47. The second-order valence-electron chi connectivity index (χ2n) is 8.14. The van der Waals surface area contributed by atoms with E-state index in [-0.39, 0.29) is 11.4 Å². The van der Waals surface area contributed by atoms with Crippen molar-refractivity contribution in [1.29, 1.82) is 5.26 Å². The van der Waals surface area contributed by atoms with Gasteiger partial charge >= 0.3 is 5.69 Å². The number of anilines is 1. The van der Waals surface area contributed by atoms with Crippen molar-refractivity contribution in [3.05, 3.63) is 107 Å². The number of nitrogens with one attached hydrogen (secondary N) is 1. The maximum Gasteiger partial charge on any atom is 0.339 e. The molecule has 0 atom stereocenters. The van der Waals surface area contributed by atoms with E-state index >= 15 is 0 Å². The Balaban J connectivity index is 1.62. The van der Waals surface area contributed by atoms with Crippen molar-refractivity contribution < 1.29 is 9.53 Å². The average molecular weight is 504 g/mol. The highest BCUT2D eigenvalue weighted by atomic mass is 16.5. The first-order valence-electron chi connectivity index (χ1n) is 11.5. The van der Waals surface area contributed by atoms with Crippen LogP contribution in [0, 0.1) is 11.3 Å². The quantitative estimate of drug-likeness (QED) is 0.266. The first-order chi connectivity index (χ1) is 18.5. The molecule has 0 bridgehead atoms. The van der Waals surface area contributed by atoms with Gasteiger partial charge in [-0.2, -0.15) is 5.26 Å². The first-order valence-corrected chi connectivity index (χ1v) is 11.5. The van der Waals surface area contributed by atoms with Gasteiger partial charge in [-0.3, -0.25) is 9.36 Å². The summed E-state index contributed by atoms with van der Waals surface area (Å²) in [6, 6.07) is 25.1. The molecule has 2 aromatic heterocycles. The minimum Gasteiger partial charge on any atom is -0.457 e. The predicted molar refractivity (Wildman–Crippen MR) is 143 cm³/mol. The van der Waals surface area contributed by atoms with Crippen LogP contribution in [0.2, 0.25) is 0 Å². The lowest BCUT2D eigenvalue weighted by Gasteiger charge is -2.08. The number of benzene rings is 3. The number of fused-ring (bicyclic) bond motifs is 1. The molecule has 5 aromatic rings. The zero-order valence-corrected chi connectivity index (χ0v) is 20.2. The molecule has 0 radical (unpaired) electrons. The number of hydrogen-bond acceptors (Lipinski definition) is 7. The van der Waals surface area contributed by atoms with Gasteiger partial charge in [0.15, 0.2) is 11.5 Å². The van der Waals surface area contributed by atoms with Gasteiger partial charge in [0.25, 0.3) is 5.91 Å². The minimum atomic E-state index is -0.508. The number of amides is 1. The molecule has 0 unspecified atom stereocenters. The van der Waals surface area contributed by atoms with Crippen LogP contribution in [-0.2, 0) is 4.79 Å². The number of imidazole rings is 1. The summed E-state index contributed by atoms with van der Waals surface area (Å²) in [7, 11) is 1.45. The average Bonchev–Trinajstić information content (AvgIpc) is 3.25. The summed E-state index contributed by atoms with van der Waals surface area (Å²) >= 11 is 0. The second-order valence-corrected chi connectivity index (χ2v) is 8.14. The van der Waals surface area contributed by atoms with Gasteiger partial charge in [-0.1, -0.05) is 30.3 Å². The van der Waals surface area contributed by atoms with Crippen molar-refractivity contribution in [2.75, 3.05) is 12.8 Å². The number of nitrogens with two attached hydrogens (primary N) is 1. The van der Waals surface area contributed by atoms with E-state index in [0.717, 1.165) is 0 Å². The smallest absolute Gasteiger partial charge is 0.339 e. The number of likely N-dealkylation sites (N-methyl/N-ethyl adjacent to an activating group) is 1. The number of carbonyl (C=O) groups excluding carboxylic acids is 1. The van der Waals surface area contributed by atoms with E-state index in [0.29, 0.717) is 39.6 Å². The fourth-order valence-corrected chi connectivity index (χ4v) is 4.01. The summed E-state index contributed by atoms with van der Waals surface area (Å²) in [5.41, 5.74) is 7.95. The molecule has 10 heteroatoms. The molecule has 186 valence electrons. The Labute approximate surface area is 216 Å². The first kappa shape index (κ1) is 24.0. The van der Waals surface area contributed by atoms with E-state index in [1.165, 1.54) is 28.6 Å². The van der Waals surface area contributed by atoms with Crippen molar-refractivity contribution in [1.82, 2.24) is 24.4 Å². The summed E-state index contributed by atoms with van der Waals surface area (Å²) < 4.78 is 8.71. The number of ether oxygens (including phenoxy) is 1. The third-order valence-corrected chi connectivity index (χ3v) is 5.75. The largest absolute Gasteiger partial charge is 0.457 e. The van der Waals surface area contributed by atoms with Gasteiger partial charge in [0, 0.05) is 7.05 Å². The number of nitrogens with zero attached hydrogens (tertiary/aromatic N) is 5. The van der Waals surface area contributed by atoms with E-state index < -0.39 is 11.6 Å². The number of para-hydroxylation sites is 1. The lowest BCUT2D eigenvalue weighted by molar-refractivity contribution is -0.116. The Morgan fingerprint density at radius 3 is 2.42 bits per heavy atom. The van der Waals surface area contributed by atoms with E-state index in [1.807, 2.05) is 36.4 Å². The Morgan fingerprint density at radius 1 is 0.974 bits per heavy atom. The topological polar surface area (TPSA) is 141 Å². The maximum atomic E-state index is 13.8. The van der Waals surface area contributed by atoms with Crippen LogP contribution in [0.4, 0.5) is 5.82 Å². The van der Waals surface area contributed by atoms with Gasteiger partial charge in [0.1, 0.15) is 35.0 Å². The lowest BCUT2D eigenvalue weighted by Crippen LogP contribution is -2.22. The van der Waals surface area contributed by atoms with Gasteiger partial charge in [-0.25, -0.2) is 19.3 Å². The van der Waals surface area contributed by atoms with Crippen LogP contribution in [0.25, 0.3) is 28.6 Å². The highest BCUT2D eigenvalue weighted by Crippen LogP contribution is 2.26. The lowest BCUT2D eigenvalue weighted by atomic mass is 10.1. The molecule has 3 aromatic carbocycles. The summed E-state index contributed by atoms with van der Waals surface area (Å²) in [5, 5.41) is 11.8. The molecule has 0 saturated carbocycles. The number of aromatic nitrogens is 4. The highest BCUT2D eigenvalue weighted by molar-refractivity contribution is 6.01. The van der Waals surface area contributed by atoms with Crippen LogP contribution in [0.3, 0.4) is 0 Å². The highest BCUT2D eigenvalue weighted by Gasteiger charge is 2.20. The fraction of sp³-hybridized carbons (Fsp3) is 0.0357. The molecular formula is C28H21N7O3. The van der Waals surface area contributed by atoms with E-state index in [9.17, 15) is 14.9 Å². The second kappa shape index (κ2) is 10.1. The van der Waals surface area contributed by atoms with Crippen molar-refractivity contribution in [2.24, 2.45) is 0 Å². The van der Waals surface area contributed by atoms with Crippen molar-refractivity contribution in [3.63, 3.8) is 0 Å². The molecule has 10 nitrogen and oxygen atoms in total. The predicted octanol–water partition coefficient (Wildman–Crippen LogP) is 3.60. The van der Waals surface area contributed by atoms with Crippen LogP contribution >= 0.6 is 0 Å². The summed E-state index contributed by atoms with van der Waals surface area (Å²) in [6.07, 6.45) is 2.74. The number of nitrogen functional groups attached to an aromatic ring is 1. The van der Waals surface area contributed by atoms with Crippen LogP contribution in [0.1, 0.15) is 5.56 Å². The Kier molecular flexibility index (Phi) is 6.40. The molecule has 1 amide bonds. The summed E-state index contributed by atoms with van der Waals surface area (Å²) in [5.74, 6) is 0.922. The third-order valence-electron chi connectivity index (χ3n) is 5.75. The molecule has 0 aliphatic rings. The number of rotatable bonds is 6. The molecular weight excluding hydrogens is 482 g/mol. The van der Waals surface area contributed by atoms with E-state index in [2.05, 4.69) is 15.3 Å². The minimum absolute atomic E-state index is 0.0659. The van der Waals surface area contributed by atoms with Gasteiger partial charge in [0.05, 0.1) is 11.4 Å². The Hall–Kier alpha value is -5.69. The molecule has 0 saturated heterocycles. The maximum absolute atomic E-state index is 13.8. The number of hydrogen-bond donors (Lipinski definition) is 2. The summed E-state index contributed by atoms with van der Waals surface area (Å²) in [6.45, 7) is 0. The monoisotopic (exact) mass is 503 g/mol. The number of nitriles is 1. The van der Waals surface area contributed by atoms with Crippen LogP contribution < -0.4 is 21.5 Å². The van der Waals surface area contributed by atoms with E-state index in [4.69, 9.17) is 10.5 Å². The standard InChI is InChI=1S/C28H21N7O3/c1-31-27(36)19(16-29)14-18-6-5-7-21(15-18)35-26-24(25(30)32-17-33-26)34(28(35)37)20-10-12-23(13-11-20)38-22-8-3-2-4-9-22/h2-15,17H,1H3,(H,31,36)(H2,30,32,33). The molecule has 38 heavy (non-hydrogen) atoms. The van der Waals surface area contributed by atoms with Crippen LogP contribution in [0.5, 0.6) is 11.5 Å². The van der Waals surface area contributed by atoms with Crippen molar-refractivity contribution >= 4 is 29.0 Å². The van der Waals surface area contributed by atoms with E-state index in [1.54, 1.807) is 48.5 Å². The molecule has 0 spiro atoms. The molecule has 0 aliphatic heterocycles. The van der Waals surface area contributed by atoms with Gasteiger partial charge in [-0.05, 0) is 60.2 Å².